The minimum atomic E-state index is -0.0254. The molecule has 3 nitrogen and oxygen atoms in total. The Hall–Kier alpha value is -1.13. The molecule has 0 amide bonds. The summed E-state index contributed by atoms with van der Waals surface area (Å²) in [7, 11) is 0. The molecule has 16 heavy (non-hydrogen) atoms. The zero-order chi connectivity index (χ0) is 11.7. The number of hydrogen-bond donors (Lipinski definition) is 1. The van der Waals surface area contributed by atoms with Crippen molar-refractivity contribution in [2.45, 2.75) is 19.9 Å². The van der Waals surface area contributed by atoms with Gasteiger partial charge in [0.25, 0.3) is 0 Å². The first-order valence-electron chi connectivity index (χ1n) is 5.14. The highest BCUT2D eigenvalue weighted by Crippen LogP contribution is 2.22. The molecule has 1 atom stereocenters. The van der Waals surface area contributed by atoms with Gasteiger partial charge in [0.2, 0.25) is 0 Å². The molecule has 1 aromatic heterocycles. The summed E-state index contributed by atoms with van der Waals surface area (Å²) in [6.07, 6.45) is 3.59. The Morgan fingerprint density at radius 1 is 1.44 bits per heavy atom. The van der Waals surface area contributed by atoms with Crippen LogP contribution >= 0.6 is 15.9 Å². The molecule has 0 aliphatic heterocycles. The molecule has 4 heteroatoms. The Morgan fingerprint density at radius 2 is 2.19 bits per heavy atom. The SMILES string of the molecule is Cc1ccc(-n2cncc2[C@@H](C)N)cc1Br. The topological polar surface area (TPSA) is 43.8 Å². The van der Waals surface area contributed by atoms with Crippen molar-refractivity contribution in [2.24, 2.45) is 5.73 Å². The summed E-state index contributed by atoms with van der Waals surface area (Å²) in [6, 6.07) is 6.18. The number of aromatic nitrogens is 2. The van der Waals surface area contributed by atoms with Crippen molar-refractivity contribution in [3.63, 3.8) is 0 Å². The monoisotopic (exact) mass is 279 g/mol. The van der Waals surface area contributed by atoms with E-state index in [1.54, 1.807) is 12.5 Å². The highest BCUT2D eigenvalue weighted by Gasteiger charge is 2.08. The van der Waals surface area contributed by atoms with Crippen molar-refractivity contribution in [1.82, 2.24) is 9.55 Å². The number of benzene rings is 1. The van der Waals surface area contributed by atoms with Gasteiger partial charge >= 0.3 is 0 Å². The van der Waals surface area contributed by atoms with Gasteiger partial charge in [0.1, 0.15) is 0 Å². The van der Waals surface area contributed by atoms with Crippen LogP contribution in [-0.2, 0) is 0 Å². The summed E-state index contributed by atoms with van der Waals surface area (Å²) in [6.45, 7) is 4.02. The van der Waals surface area contributed by atoms with Gasteiger partial charge in [0.15, 0.2) is 0 Å². The van der Waals surface area contributed by atoms with E-state index >= 15 is 0 Å². The smallest absolute Gasteiger partial charge is 0.0994 e. The number of aryl methyl sites for hydroxylation is 1. The summed E-state index contributed by atoms with van der Waals surface area (Å²) in [4.78, 5) is 4.14. The van der Waals surface area contributed by atoms with Crippen LogP contribution in [0.1, 0.15) is 24.2 Å². The zero-order valence-electron chi connectivity index (χ0n) is 9.31. The number of rotatable bonds is 2. The fourth-order valence-electron chi connectivity index (χ4n) is 1.59. The molecule has 0 bridgehead atoms. The predicted octanol–water partition coefficient (Wildman–Crippen LogP) is 2.96. The van der Waals surface area contributed by atoms with Gasteiger partial charge in [-0.1, -0.05) is 22.0 Å². The quantitative estimate of drug-likeness (QED) is 0.919. The van der Waals surface area contributed by atoms with E-state index in [9.17, 15) is 0 Å². The first-order chi connectivity index (χ1) is 7.59. The molecule has 2 rings (SSSR count). The van der Waals surface area contributed by atoms with Crippen LogP contribution in [0.15, 0.2) is 35.2 Å². The van der Waals surface area contributed by atoms with Crippen LogP contribution in [0.5, 0.6) is 0 Å². The van der Waals surface area contributed by atoms with Gasteiger partial charge in [0, 0.05) is 16.2 Å². The van der Waals surface area contributed by atoms with Gasteiger partial charge < -0.3 is 10.3 Å². The fourth-order valence-corrected chi connectivity index (χ4v) is 1.96. The third-order valence-corrected chi connectivity index (χ3v) is 3.42. The number of halogens is 1. The van der Waals surface area contributed by atoms with Crippen molar-refractivity contribution in [3.05, 3.63) is 46.5 Å². The van der Waals surface area contributed by atoms with E-state index in [1.807, 2.05) is 11.5 Å². The third-order valence-electron chi connectivity index (χ3n) is 2.57. The average Bonchev–Trinajstić information content (AvgIpc) is 2.71. The molecule has 1 heterocycles. The van der Waals surface area contributed by atoms with E-state index < -0.39 is 0 Å². The maximum absolute atomic E-state index is 5.89. The second-order valence-electron chi connectivity index (χ2n) is 3.91. The van der Waals surface area contributed by atoms with Crippen molar-refractivity contribution in [1.29, 1.82) is 0 Å². The Bertz CT molecular complexity index is 503. The molecule has 2 N–H and O–H groups in total. The molecule has 2 aromatic rings. The van der Waals surface area contributed by atoms with Crippen LogP contribution in [0.3, 0.4) is 0 Å². The van der Waals surface area contributed by atoms with Crippen LogP contribution < -0.4 is 5.73 Å². The molecule has 0 spiro atoms. The molecule has 0 unspecified atom stereocenters. The predicted molar refractivity (Wildman–Crippen MR) is 68.6 cm³/mol. The Balaban J connectivity index is 2.50. The fraction of sp³-hybridized carbons (Fsp3) is 0.250. The molecule has 1 aromatic carbocycles. The first kappa shape index (κ1) is 11.4. The Kier molecular flexibility index (Phi) is 3.12. The number of nitrogens with two attached hydrogens (primary N) is 1. The highest BCUT2D eigenvalue weighted by atomic mass is 79.9. The van der Waals surface area contributed by atoms with E-state index in [2.05, 4.69) is 46.0 Å². The van der Waals surface area contributed by atoms with Crippen molar-refractivity contribution >= 4 is 15.9 Å². The standard InChI is InChI=1S/C12H14BrN3/c1-8-3-4-10(5-11(8)13)16-7-15-6-12(16)9(2)14/h3-7,9H,14H2,1-2H3/t9-/m1/s1. The van der Waals surface area contributed by atoms with Crippen molar-refractivity contribution in [2.75, 3.05) is 0 Å². The number of hydrogen-bond acceptors (Lipinski definition) is 2. The van der Waals surface area contributed by atoms with Crippen molar-refractivity contribution < 1.29 is 0 Å². The van der Waals surface area contributed by atoms with E-state index in [-0.39, 0.29) is 6.04 Å². The van der Waals surface area contributed by atoms with E-state index in [0.29, 0.717) is 0 Å². The van der Waals surface area contributed by atoms with Gasteiger partial charge in [-0.2, -0.15) is 0 Å². The second-order valence-corrected chi connectivity index (χ2v) is 4.77. The Labute approximate surface area is 103 Å². The van der Waals surface area contributed by atoms with Gasteiger partial charge in [-0.25, -0.2) is 4.98 Å². The highest BCUT2D eigenvalue weighted by molar-refractivity contribution is 9.10. The maximum Gasteiger partial charge on any atom is 0.0994 e. The minimum Gasteiger partial charge on any atom is -0.323 e. The molecule has 0 radical (unpaired) electrons. The van der Waals surface area contributed by atoms with Crippen LogP contribution in [0.2, 0.25) is 0 Å². The molecule has 0 aliphatic rings. The van der Waals surface area contributed by atoms with Crippen LogP contribution in [0.4, 0.5) is 0 Å². The summed E-state index contributed by atoms with van der Waals surface area (Å²) in [5.41, 5.74) is 9.19. The van der Waals surface area contributed by atoms with E-state index in [4.69, 9.17) is 5.73 Å². The normalized spacial score (nSPS) is 12.8. The lowest BCUT2D eigenvalue weighted by molar-refractivity contribution is 0.752. The molecule has 0 saturated carbocycles. The zero-order valence-corrected chi connectivity index (χ0v) is 10.9. The third kappa shape index (κ3) is 2.03. The van der Waals surface area contributed by atoms with Crippen LogP contribution in [-0.4, -0.2) is 9.55 Å². The lowest BCUT2D eigenvalue weighted by Gasteiger charge is -2.11. The van der Waals surface area contributed by atoms with E-state index in [1.165, 1.54) is 5.56 Å². The summed E-state index contributed by atoms with van der Waals surface area (Å²) in [5, 5.41) is 0. The van der Waals surface area contributed by atoms with E-state index in [0.717, 1.165) is 15.9 Å². The minimum absolute atomic E-state index is 0.0254. The summed E-state index contributed by atoms with van der Waals surface area (Å²) in [5.74, 6) is 0. The number of imidazole rings is 1. The lowest BCUT2D eigenvalue weighted by Crippen LogP contribution is -2.10. The van der Waals surface area contributed by atoms with Gasteiger partial charge in [-0.05, 0) is 31.5 Å². The summed E-state index contributed by atoms with van der Waals surface area (Å²) >= 11 is 3.53. The second kappa shape index (κ2) is 4.39. The molecule has 84 valence electrons. The molecule has 0 fully saturated rings. The maximum atomic E-state index is 5.89. The van der Waals surface area contributed by atoms with Gasteiger partial charge in [-0.3, -0.25) is 0 Å². The molecular weight excluding hydrogens is 266 g/mol. The molecule has 0 aliphatic carbocycles. The van der Waals surface area contributed by atoms with Gasteiger partial charge in [0.05, 0.1) is 18.2 Å². The first-order valence-corrected chi connectivity index (χ1v) is 5.93. The molecular formula is C12H14BrN3. The van der Waals surface area contributed by atoms with Crippen LogP contribution in [0, 0.1) is 6.92 Å². The Morgan fingerprint density at radius 3 is 2.81 bits per heavy atom. The average molecular weight is 280 g/mol. The van der Waals surface area contributed by atoms with Crippen molar-refractivity contribution in [3.8, 4) is 5.69 Å². The van der Waals surface area contributed by atoms with Crippen LogP contribution in [0.25, 0.3) is 5.69 Å². The largest absolute Gasteiger partial charge is 0.323 e. The molecule has 0 saturated heterocycles. The lowest BCUT2D eigenvalue weighted by atomic mass is 10.2. The summed E-state index contributed by atoms with van der Waals surface area (Å²) < 4.78 is 3.10. The number of nitrogens with zero attached hydrogens (tertiary/aromatic N) is 2. The van der Waals surface area contributed by atoms with Gasteiger partial charge in [-0.15, -0.1) is 0 Å².